The average molecular weight is 252 g/mol. The largest absolute Gasteiger partial charge is 0.271 e. The van der Waals surface area contributed by atoms with Gasteiger partial charge in [0, 0.05) is 6.04 Å². The van der Waals surface area contributed by atoms with Crippen LogP contribution >= 0.6 is 0 Å². The van der Waals surface area contributed by atoms with E-state index in [1.54, 1.807) is 0 Å². The molecule has 2 heteroatoms. The Balaban J connectivity index is 1.91. The highest BCUT2D eigenvalue weighted by atomic mass is 15.2. The van der Waals surface area contributed by atoms with Crippen LogP contribution in [-0.2, 0) is 0 Å². The summed E-state index contributed by atoms with van der Waals surface area (Å²) in [5, 5.41) is 0. The van der Waals surface area contributed by atoms with Gasteiger partial charge in [-0.15, -0.1) is 0 Å². The van der Waals surface area contributed by atoms with Gasteiger partial charge in [0.2, 0.25) is 0 Å². The van der Waals surface area contributed by atoms with Gasteiger partial charge >= 0.3 is 0 Å². The maximum Gasteiger partial charge on any atom is 0.0264 e. The Kier molecular flexibility index (Phi) is 5.50. The van der Waals surface area contributed by atoms with E-state index in [0.717, 1.165) is 23.7 Å². The van der Waals surface area contributed by atoms with Gasteiger partial charge in [0.1, 0.15) is 0 Å². The van der Waals surface area contributed by atoms with E-state index >= 15 is 0 Å². The molecule has 2 nitrogen and oxygen atoms in total. The minimum atomic E-state index is 0.549. The molecule has 2 saturated carbocycles. The molecule has 0 radical (unpaired) electrons. The van der Waals surface area contributed by atoms with Crippen molar-refractivity contribution in [2.24, 2.45) is 29.5 Å². The molecule has 106 valence electrons. The first-order chi connectivity index (χ1) is 8.76. The smallest absolute Gasteiger partial charge is 0.0264 e. The summed E-state index contributed by atoms with van der Waals surface area (Å²) in [5.41, 5.74) is 3.15. The molecule has 18 heavy (non-hydrogen) atoms. The summed E-state index contributed by atoms with van der Waals surface area (Å²) in [6.07, 6.45) is 12.8. The first kappa shape index (κ1) is 14.3. The van der Waals surface area contributed by atoms with Crippen molar-refractivity contribution in [3.8, 4) is 0 Å². The number of nitrogens with two attached hydrogens (primary N) is 1. The Morgan fingerprint density at radius 3 is 2.50 bits per heavy atom. The molecular weight excluding hydrogens is 220 g/mol. The molecule has 0 aromatic rings. The lowest BCUT2D eigenvalue weighted by Gasteiger charge is -2.43. The Labute approximate surface area is 113 Å². The zero-order valence-corrected chi connectivity index (χ0v) is 12.3. The Bertz CT molecular complexity index is 241. The van der Waals surface area contributed by atoms with Gasteiger partial charge in [-0.3, -0.25) is 11.3 Å². The second kappa shape index (κ2) is 6.91. The van der Waals surface area contributed by atoms with E-state index in [4.69, 9.17) is 5.84 Å². The van der Waals surface area contributed by atoms with Gasteiger partial charge in [-0.2, -0.15) is 0 Å². The molecule has 0 aliphatic heterocycles. The summed E-state index contributed by atoms with van der Waals surface area (Å²) in [6.45, 7) is 4.66. The lowest BCUT2D eigenvalue weighted by atomic mass is 9.65. The molecule has 0 bridgehead atoms. The minimum Gasteiger partial charge on any atom is -0.271 e. The molecule has 5 unspecified atom stereocenters. The van der Waals surface area contributed by atoms with Crippen LogP contribution in [0.1, 0.15) is 71.6 Å². The van der Waals surface area contributed by atoms with Gasteiger partial charge in [0.15, 0.2) is 0 Å². The average Bonchev–Trinajstić information content (AvgIpc) is 2.40. The van der Waals surface area contributed by atoms with Crippen molar-refractivity contribution in [2.75, 3.05) is 0 Å². The van der Waals surface area contributed by atoms with E-state index in [1.165, 1.54) is 57.8 Å². The van der Waals surface area contributed by atoms with E-state index in [0.29, 0.717) is 6.04 Å². The molecule has 0 aromatic carbocycles. The fraction of sp³-hybridized carbons (Fsp3) is 1.00. The second-order valence-electron chi connectivity index (χ2n) is 6.84. The Morgan fingerprint density at radius 1 is 1.11 bits per heavy atom. The number of nitrogens with one attached hydrogen (secondary N) is 1. The molecule has 2 fully saturated rings. The van der Waals surface area contributed by atoms with Crippen molar-refractivity contribution in [3.63, 3.8) is 0 Å². The first-order valence-electron chi connectivity index (χ1n) is 8.22. The summed E-state index contributed by atoms with van der Waals surface area (Å²) in [4.78, 5) is 0. The van der Waals surface area contributed by atoms with E-state index in [9.17, 15) is 0 Å². The van der Waals surface area contributed by atoms with E-state index < -0.39 is 0 Å². The molecular formula is C16H32N2. The molecule has 0 aromatic heterocycles. The fourth-order valence-electron chi connectivity index (χ4n) is 4.64. The van der Waals surface area contributed by atoms with Crippen molar-refractivity contribution in [1.82, 2.24) is 5.43 Å². The van der Waals surface area contributed by atoms with Crippen LogP contribution in [0.2, 0.25) is 0 Å². The minimum absolute atomic E-state index is 0.549. The lowest BCUT2D eigenvalue weighted by molar-refractivity contribution is 0.0938. The van der Waals surface area contributed by atoms with Gasteiger partial charge in [0.25, 0.3) is 0 Å². The van der Waals surface area contributed by atoms with E-state index in [1.807, 2.05) is 0 Å². The van der Waals surface area contributed by atoms with Gasteiger partial charge in [-0.1, -0.05) is 46.0 Å². The lowest BCUT2D eigenvalue weighted by Crippen LogP contribution is -2.47. The van der Waals surface area contributed by atoms with Crippen molar-refractivity contribution in [3.05, 3.63) is 0 Å². The standard InChI is InChI=1S/C16H32N2/c1-3-6-12(2)16(18-17)15-10-9-13-7-4-5-8-14(13)11-15/h12-16,18H,3-11,17H2,1-2H3. The number of rotatable bonds is 5. The third-order valence-electron chi connectivity index (χ3n) is 5.64. The highest BCUT2D eigenvalue weighted by Crippen LogP contribution is 2.44. The predicted molar refractivity (Wildman–Crippen MR) is 78.0 cm³/mol. The molecule has 2 rings (SSSR count). The van der Waals surface area contributed by atoms with Gasteiger partial charge < -0.3 is 0 Å². The monoisotopic (exact) mass is 252 g/mol. The summed E-state index contributed by atoms with van der Waals surface area (Å²) >= 11 is 0. The van der Waals surface area contributed by atoms with Gasteiger partial charge in [0.05, 0.1) is 0 Å². The molecule has 0 spiro atoms. The van der Waals surface area contributed by atoms with E-state index in [-0.39, 0.29) is 0 Å². The molecule has 2 aliphatic rings. The topological polar surface area (TPSA) is 38.0 Å². The maximum atomic E-state index is 5.85. The molecule has 0 saturated heterocycles. The van der Waals surface area contributed by atoms with Crippen LogP contribution in [0.5, 0.6) is 0 Å². The fourth-order valence-corrected chi connectivity index (χ4v) is 4.64. The van der Waals surface area contributed by atoms with Gasteiger partial charge in [-0.25, -0.2) is 0 Å². The third-order valence-corrected chi connectivity index (χ3v) is 5.64. The maximum absolute atomic E-state index is 5.85. The SMILES string of the molecule is CCCC(C)C(NN)C1CCC2CCCCC2C1. The van der Waals surface area contributed by atoms with Crippen molar-refractivity contribution >= 4 is 0 Å². The van der Waals surface area contributed by atoms with Crippen LogP contribution in [-0.4, -0.2) is 6.04 Å². The molecule has 2 aliphatic carbocycles. The Morgan fingerprint density at radius 2 is 1.83 bits per heavy atom. The van der Waals surface area contributed by atoms with Crippen LogP contribution in [0.15, 0.2) is 0 Å². The quantitative estimate of drug-likeness (QED) is 0.576. The number of fused-ring (bicyclic) bond motifs is 1. The van der Waals surface area contributed by atoms with Crippen molar-refractivity contribution in [2.45, 2.75) is 77.7 Å². The summed E-state index contributed by atoms with van der Waals surface area (Å²) in [6, 6.07) is 0.549. The number of hydrazine groups is 1. The summed E-state index contributed by atoms with van der Waals surface area (Å²) < 4.78 is 0. The molecule has 5 atom stereocenters. The van der Waals surface area contributed by atoms with Crippen LogP contribution in [0.3, 0.4) is 0 Å². The Hall–Kier alpha value is -0.0800. The van der Waals surface area contributed by atoms with Crippen LogP contribution in [0.25, 0.3) is 0 Å². The normalized spacial score (nSPS) is 35.8. The molecule has 0 heterocycles. The number of hydrogen-bond acceptors (Lipinski definition) is 2. The molecule has 3 N–H and O–H groups in total. The zero-order valence-electron chi connectivity index (χ0n) is 12.3. The molecule has 0 amide bonds. The van der Waals surface area contributed by atoms with Crippen molar-refractivity contribution < 1.29 is 0 Å². The summed E-state index contributed by atoms with van der Waals surface area (Å²) in [5.74, 6) is 9.48. The van der Waals surface area contributed by atoms with Crippen LogP contribution in [0, 0.1) is 23.7 Å². The highest BCUT2D eigenvalue weighted by Gasteiger charge is 2.36. The summed E-state index contributed by atoms with van der Waals surface area (Å²) in [7, 11) is 0. The highest BCUT2D eigenvalue weighted by molar-refractivity contribution is 4.89. The van der Waals surface area contributed by atoms with Gasteiger partial charge in [-0.05, 0) is 49.4 Å². The number of hydrogen-bond donors (Lipinski definition) is 2. The van der Waals surface area contributed by atoms with Crippen LogP contribution in [0.4, 0.5) is 0 Å². The first-order valence-corrected chi connectivity index (χ1v) is 8.22. The zero-order chi connectivity index (χ0) is 13.0. The second-order valence-corrected chi connectivity index (χ2v) is 6.84. The van der Waals surface area contributed by atoms with E-state index in [2.05, 4.69) is 19.3 Å². The predicted octanol–water partition coefficient (Wildman–Crippen LogP) is 3.86. The van der Waals surface area contributed by atoms with Crippen molar-refractivity contribution in [1.29, 1.82) is 0 Å². The van der Waals surface area contributed by atoms with Crippen LogP contribution < -0.4 is 11.3 Å². The third kappa shape index (κ3) is 3.27.